The van der Waals surface area contributed by atoms with Crippen LogP contribution in [0.3, 0.4) is 0 Å². The molecule has 0 aliphatic carbocycles. The van der Waals surface area contributed by atoms with Gasteiger partial charge in [-0.15, -0.1) is 0 Å². The molecule has 0 aromatic carbocycles. The molecule has 144 valence electrons. The maximum atomic E-state index is 13.2. The molecule has 3 fully saturated rings. The van der Waals surface area contributed by atoms with E-state index in [0.717, 1.165) is 38.2 Å². The van der Waals surface area contributed by atoms with Crippen LogP contribution < -0.4 is 0 Å². The first kappa shape index (κ1) is 18.9. The van der Waals surface area contributed by atoms with Crippen LogP contribution in [0.2, 0.25) is 0 Å². The fraction of sp³-hybridized carbons (Fsp3) is 0.737. The van der Waals surface area contributed by atoms with Gasteiger partial charge in [0.05, 0.1) is 12.2 Å². The van der Waals surface area contributed by atoms with E-state index >= 15 is 0 Å². The third kappa shape index (κ3) is 3.77. The topological polar surface area (TPSA) is 61.7 Å². The van der Waals surface area contributed by atoms with Crippen LogP contribution in [0.25, 0.3) is 0 Å². The summed E-state index contributed by atoms with van der Waals surface area (Å²) in [5, 5.41) is 4.49. The van der Waals surface area contributed by atoms with Crippen molar-refractivity contribution in [1.29, 1.82) is 0 Å². The van der Waals surface area contributed by atoms with Crippen LogP contribution in [-0.2, 0) is 11.8 Å². The van der Waals surface area contributed by atoms with Gasteiger partial charge < -0.3 is 9.80 Å². The maximum absolute atomic E-state index is 13.2. The number of hydrogen-bond donors (Lipinski definition) is 0. The first-order valence-electron chi connectivity index (χ1n) is 9.53. The van der Waals surface area contributed by atoms with E-state index in [1.807, 2.05) is 18.0 Å². The number of nitrogens with zero attached hydrogens (tertiary/aromatic N) is 5. The Labute approximate surface area is 155 Å². The molecule has 3 saturated heterocycles. The third-order valence-electron chi connectivity index (χ3n) is 5.62. The predicted molar refractivity (Wildman–Crippen MR) is 100.0 cm³/mol. The second kappa shape index (κ2) is 7.39. The molecular weight excluding hydrogens is 330 g/mol. The number of rotatable bonds is 4. The minimum absolute atomic E-state index is 0.0717. The lowest BCUT2D eigenvalue weighted by Crippen LogP contribution is -2.48. The summed E-state index contributed by atoms with van der Waals surface area (Å²) in [5.74, 6) is 0.932. The van der Waals surface area contributed by atoms with Gasteiger partial charge in [-0.25, -0.2) is 0 Å². The SMILES string of the molecule is CC(C)c1cc(C(=O)N2C[C@H]3CC[C@@H]2CN(CC(=O)N(C)C)C3)n(C)n1. The van der Waals surface area contributed by atoms with Crippen LogP contribution >= 0.6 is 0 Å². The van der Waals surface area contributed by atoms with Gasteiger partial charge in [0.15, 0.2) is 0 Å². The Morgan fingerprint density at radius 2 is 1.96 bits per heavy atom. The van der Waals surface area contributed by atoms with Crippen molar-refractivity contribution in [3.63, 3.8) is 0 Å². The molecule has 3 aliphatic rings. The Morgan fingerprint density at radius 1 is 1.23 bits per heavy atom. The van der Waals surface area contributed by atoms with E-state index in [2.05, 4.69) is 23.8 Å². The van der Waals surface area contributed by atoms with Crippen molar-refractivity contribution in [2.24, 2.45) is 13.0 Å². The normalized spacial score (nSPS) is 23.4. The van der Waals surface area contributed by atoms with Gasteiger partial charge in [-0.3, -0.25) is 19.2 Å². The van der Waals surface area contributed by atoms with Gasteiger partial charge in [-0.05, 0) is 30.7 Å². The van der Waals surface area contributed by atoms with Crippen molar-refractivity contribution in [3.05, 3.63) is 17.5 Å². The molecule has 0 unspecified atom stereocenters. The summed E-state index contributed by atoms with van der Waals surface area (Å²) in [4.78, 5) is 31.2. The molecular formula is C19H31N5O2. The molecule has 2 atom stereocenters. The predicted octanol–water partition coefficient (Wildman–Crippen LogP) is 1.17. The zero-order valence-electron chi connectivity index (χ0n) is 16.6. The number of carbonyl (C=O) groups is 2. The summed E-state index contributed by atoms with van der Waals surface area (Å²) in [6.45, 7) is 7.05. The molecule has 1 aromatic rings. The Balaban J connectivity index is 1.76. The molecule has 26 heavy (non-hydrogen) atoms. The van der Waals surface area contributed by atoms with E-state index in [0.29, 0.717) is 24.1 Å². The van der Waals surface area contributed by atoms with E-state index in [1.54, 1.807) is 23.7 Å². The fourth-order valence-electron chi connectivity index (χ4n) is 4.01. The average molecular weight is 361 g/mol. The van der Waals surface area contributed by atoms with Crippen LogP contribution in [0, 0.1) is 5.92 Å². The first-order chi connectivity index (χ1) is 12.3. The molecule has 3 aliphatic heterocycles. The number of piperidine rings is 1. The van der Waals surface area contributed by atoms with E-state index < -0.39 is 0 Å². The summed E-state index contributed by atoms with van der Waals surface area (Å²) in [6.07, 6.45) is 2.14. The van der Waals surface area contributed by atoms with Gasteiger partial charge in [0.25, 0.3) is 5.91 Å². The molecule has 1 aromatic heterocycles. The van der Waals surface area contributed by atoms with Crippen molar-refractivity contribution in [3.8, 4) is 0 Å². The zero-order chi connectivity index (χ0) is 19.0. The van der Waals surface area contributed by atoms with Crippen LogP contribution in [0.1, 0.15) is 48.8 Å². The largest absolute Gasteiger partial charge is 0.348 e. The molecule has 4 heterocycles. The molecule has 0 spiro atoms. The monoisotopic (exact) mass is 361 g/mol. The highest BCUT2D eigenvalue weighted by atomic mass is 16.2. The minimum Gasteiger partial charge on any atom is -0.348 e. The summed E-state index contributed by atoms with van der Waals surface area (Å²) < 4.78 is 1.71. The van der Waals surface area contributed by atoms with Crippen molar-refractivity contribution in [2.45, 2.75) is 38.6 Å². The Hall–Kier alpha value is -1.89. The number of amides is 2. The Bertz CT molecular complexity index is 681. The van der Waals surface area contributed by atoms with Gasteiger partial charge in [-0.2, -0.15) is 5.10 Å². The average Bonchev–Trinajstić information content (AvgIpc) is 2.76. The molecule has 7 heteroatoms. The summed E-state index contributed by atoms with van der Waals surface area (Å²) in [6, 6.07) is 2.10. The van der Waals surface area contributed by atoms with Gasteiger partial charge in [0.2, 0.25) is 5.91 Å². The van der Waals surface area contributed by atoms with Gasteiger partial charge in [-0.1, -0.05) is 13.8 Å². The molecule has 7 nitrogen and oxygen atoms in total. The quantitative estimate of drug-likeness (QED) is 0.808. The molecule has 0 N–H and O–H groups in total. The van der Waals surface area contributed by atoms with Crippen LogP contribution in [-0.4, -0.2) is 82.6 Å². The second-order valence-electron chi connectivity index (χ2n) is 8.27. The highest BCUT2D eigenvalue weighted by Crippen LogP contribution is 2.29. The number of likely N-dealkylation sites (N-methyl/N-ethyl adjacent to an activating group) is 1. The zero-order valence-corrected chi connectivity index (χ0v) is 16.6. The summed E-state index contributed by atoms with van der Waals surface area (Å²) in [7, 11) is 5.43. The van der Waals surface area contributed by atoms with Crippen molar-refractivity contribution >= 4 is 11.8 Å². The van der Waals surface area contributed by atoms with Gasteiger partial charge in [0.1, 0.15) is 5.69 Å². The standard InChI is InChI=1S/C19H31N5O2/c1-13(2)16-8-17(22(5)20-16)19(26)24-10-14-6-7-15(24)11-23(9-14)12-18(25)21(3)4/h8,13-15H,6-7,9-12H2,1-5H3/t14-,15+/m0/s1. The van der Waals surface area contributed by atoms with Gasteiger partial charge in [0, 0.05) is 46.8 Å². The first-order valence-corrected chi connectivity index (χ1v) is 9.53. The highest BCUT2D eigenvalue weighted by molar-refractivity contribution is 5.93. The van der Waals surface area contributed by atoms with Gasteiger partial charge >= 0.3 is 0 Å². The minimum atomic E-state index is 0.0717. The van der Waals surface area contributed by atoms with Crippen LogP contribution in [0.15, 0.2) is 6.07 Å². The van der Waals surface area contributed by atoms with E-state index in [-0.39, 0.29) is 17.9 Å². The fourth-order valence-corrected chi connectivity index (χ4v) is 4.01. The Morgan fingerprint density at radius 3 is 2.58 bits per heavy atom. The highest BCUT2D eigenvalue weighted by Gasteiger charge is 2.38. The molecule has 2 bridgehead atoms. The van der Waals surface area contributed by atoms with Crippen molar-refractivity contribution in [2.75, 3.05) is 40.3 Å². The molecule has 4 rings (SSSR count). The number of hydrogen-bond acceptors (Lipinski definition) is 4. The molecule has 0 radical (unpaired) electrons. The third-order valence-corrected chi connectivity index (χ3v) is 5.62. The van der Waals surface area contributed by atoms with Crippen molar-refractivity contribution in [1.82, 2.24) is 24.5 Å². The molecule has 0 saturated carbocycles. The lowest BCUT2D eigenvalue weighted by Gasteiger charge is -2.36. The lowest BCUT2D eigenvalue weighted by molar-refractivity contribution is -0.129. The number of carbonyl (C=O) groups excluding carboxylic acids is 2. The van der Waals surface area contributed by atoms with Crippen molar-refractivity contribution < 1.29 is 9.59 Å². The number of fused-ring (bicyclic) bond motifs is 4. The van der Waals surface area contributed by atoms with Crippen LogP contribution in [0.5, 0.6) is 0 Å². The smallest absolute Gasteiger partial charge is 0.272 e. The van der Waals surface area contributed by atoms with Crippen LogP contribution in [0.4, 0.5) is 0 Å². The second-order valence-corrected chi connectivity index (χ2v) is 8.27. The number of aromatic nitrogens is 2. The lowest BCUT2D eigenvalue weighted by atomic mass is 9.94. The van der Waals surface area contributed by atoms with E-state index in [9.17, 15) is 9.59 Å². The molecule has 2 amide bonds. The summed E-state index contributed by atoms with van der Waals surface area (Å²) >= 11 is 0. The van der Waals surface area contributed by atoms with E-state index in [4.69, 9.17) is 0 Å². The Kier molecular flexibility index (Phi) is 5.37. The summed E-state index contributed by atoms with van der Waals surface area (Å²) in [5.41, 5.74) is 1.62. The number of aryl methyl sites for hydroxylation is 1. The maximum Gasteiger partial charge on any atom is 0.272 e. The van der Waals surface area contributed by atoms with E-state index in [1.165, 1.54) is 0 Å².